The third-order valence-electron chi connectivity index (χ3n) is 2.24. The number of aliphatic hydroxyl groups is 1. The lowest BCUT2D eigenvalue weighted by Gasteiger charge is -2.13. The molecule has 1 unspecified atom stereocenters. The zero-order chi connectivity index (χ0) is 14.4. The zero-order valence-corrected chi connectivity index (χ0v) is 12.6. The van der Waals surface area contributed by atoms with E-state index in [1.165, 1.54) is 12.1 Å². The molecule has 0 amide bonds. The first kappa shape index (κ1) is 16.2. The summed E-state index contributed by atoms with van der Waals surface area (Å²) in [5, 5.41) is 23.7. The number of hydrogen-bond acceptors (Lipinski definition) is 5. The minimum absolute atomic E-state index is 0.0475. The molecule has 0 bridgehead atoms. The smallest absolute Gasteiger partial charge is 0.313 e. The minimum atomic E-state index is -0.748. The molecule has 0 aromatic heterocycles. The van der Waals surface area contributed by atoms with Gasteiger partial charge in [-0.25, -0.2) is 0 Å². The van der Waals surface area contributed by atoms with Gasteiger partial charge in [-0.1, -0.05) is 18.5 Å². The molecule has 0 saturated carbocycles. The summed E-state index contributed by atoms with van der Waals surface area (Å²) in [6.45, 7) is 2.94. The maximum absolute atomic E-state index is 10.9. The first-order valence-corrected chi connectivity index (χ1v) is 6.77. The highest BCUT2D eigenvalue weighted by Gasteiger charge is 2.20. The summed E-state index contributed by atoms with van der Waals surface area (Å²) in [5.41, 5.74) is -0.241. The van der Waals surface area contributed by atoms with Gasteiger partial charge in [0, 0.05) is 17.6 Å². The second kappa shape index (κ2) is 7.64. The summed E-state index contributed by atoms with van der Waals surface area (Å²) in [5.74, 6) is 0.0601. The van der Waals surface area contributed by atoms with E-state index in [-0.39, 0.29) is 23.1 Å². The number of ether oxygens (including phenoxy) is 1. The van der Waals surface area contributed by atoms with Crippen molar-refractivity contribution in [3.8, 4) is 5.75 Å². The molecule has 0 fully saturated rings. The Balaban J connectivity index is 2.80. The van der Waals surface area contributed by atoms with E-state index in [1.807, 2.05) is 6.92 Å². The summed E-state index contributed by atoms with van der Waals surface area (Å²) < 4.78 is 5.68. The fourth-order valence-electron chi connectivity index (χ4n) is 1.37. The number of nitro groups is 1. The fraction of sp³-hybridized carbons (Fsp3) is 0.455. The van der Waals surface area contributed by atoms with Crippen molar-refractivity contribution in [1.82, 2.24) is 5.32 Å². The summed E-state index contributed by atoms with van der Waals surface area (Å²) in [4.78, 5) is 10.3. The van der Waals surface area contributed by atoms with Crippen LogP contribution in [0.25, 0.3) is 0 Å². The molecule has 6 nitrogen and oxygen atoms in total. The van der Waals surface area contributed by atoms with Crippen molar-refractivity contribution in [3.05, 3.63) is 31.7 Å². The van der Waals surface area contributed by atoms with Crippen molar-refractivity contribution < 1.29 is 14.8 Å². The van der Waals surface area contributed by atoms with E-state index in [9.17, 15) is 15.2 Å². The lowest BCUT2D eigenvalue weighted by atomic mass is 10.3. The minimum Gasteiger partial charge on any atom is -0.483 e. The number of rotatable bonds is 7. The van der Waals surface area contributed by atoms with Gasteiger partial charge in [0.25, 0.3) is 0 Å². The predicted molar refractivity (Wildman–Crippen MR) is 75.9 cm³/mol. The van der Waals surface area contributed by atoms with E-state index < -0.39 is 11.0 Å². The van der Waals surface area contributed by atoms with Gasteiger partial charge >= 0.3 is 5.69 Å². The van der Waals surface area contributed by atoms with E-state index in [0.29, 0.717) is 11.0 Å². The van der Waals surface area contributed by atoms with Gasteiger partial charge in [0.2, 0.25) is 5.75 Å². The Hall–Kier alpha value is -0.890. The van der Waals surface area contributed by atoms with E-state index in [0.717, 1.165) is 6.54 Å². The van der Waals surface area contributed by atoms with Crippen LogP contribution in [0.2, 0.25) is 5.02 Å². The van der Waals surface area contributed by atoms with Crippen LogP contribution in [0.3, 0.4) is 0 Å². The molecular weight excluding hydrogens is 339 g/mol. The number of nitro benzene ring substituents is 1. The molecule has 106 valence electrons. The molecule has 1 aromatic carbocycles. The van der Waals surface area contributed by atoms with Crippen molar-refractivity contribution >= 4 is 33.2 Å². The highest BCUT2D eigenvalue weighted by Crippen LogP contribution is 2.37. The van der Waals surface area contributed by atoms with Gasteiger partial charge in [-0.05, 0) is 28.5 Å². The highest BCUT2D eigenvalue weighted by molar-refractivity contribution is 9.10. The van der Waals surface area contributed by atoms with Gasteiger partial charge in [0.1, 0.15) is 12.7 Å². The molecular formula is C11H14BrClN2O4. The van der Waals surface area contributed by atoms with E-state index in [4.69, 9.17) is 16.3 Å². The third kappa shape index (κ3) is 4.94. The van der Waals surface area contributed by atoms with Crippen LogP contribution in [0.4, 0.5) is 5.69 Å². The van der Waals surface area contributed by atoms with Crippen LogP contribution in [-0.2, 0) is 0 Å². The van der Waals surface area contributed by atoms with E-state index in [1.54, 1.807) is 0 Å². The Morgan fingerprint density at radius 3 is 2.89 bits per heavy atom. The van der Waals surface area contributed by atoms with E-state index >= 15 is 0 Å². The summed E-state index contributed by atoms with van der Waals surface area (Å²) in [7, 11) is 0. The lowest BCUT2D eigenvalue weighted by Crippen LogP contribution is -2.31. The molecule has 0 heterocycles. The topological polar surface area (TPSA) is 84.6 Å². The largest absolute Gasteiger partial charge is 0.483 e. The van der Waals surface area contributed by atoms with Gasteiger partial charge in [0.05, 0.1) is 9.40 Å². The first-order chi connectivity index (χ1) is 8.95. The molecule has 0 aliphatic carbocycles. The van der Waals surface area contributed by atoms with Crippen LogP contribution < -0.4 is 10.1 Å². The van der Waals surface area contributed by atoms with Crippen LogP contribution in [0.5, 0.6) is 5.75 Å². The number of aliphatic hydroxyl groups excluding tert-OH is 1. The molecule has 0 aliphatic rings. The van der Waals surface area contributed by atoms with E-state index in [2.05, 4.69) is 21.2 Å². The third-order valence-corrected chi connectivity index (χ3v) is 3.04. The molecule has 8 heteroatoms. The number of hydrogen-bond donors (Lipinski definition) is 2. The molecule has 1 rings (SSSR count). The number of halogens is 2. The van der Waals surface area contributed by atoms with Crippen molar-refractivity contribution in [2.24, 2.45) is 0 Å². The summed E-state index contributed by atoms with van der Waals surface area (Å²) in [6, 6.07) is 2.71. The SMILES string of the molecule is CCNCC(O)COc1c(Br)cc(Cl)cc1[N+](=O)[O-]. The Bertz CT molecular complexity index is 459. The Kier molecular flexibility index (Phi) is 6.50. The molecule has 0 aliphatic heterocycles. The van der Waals surface area contributed by atoms with Gasteiger partial charge in [0.15, 0.2) is 0 Å². The summed E-state index contributed by atoms with van der Waals surface area (Å²) >= 11 is 8.91. The number of benzene rings is 1. The Morgan fingerprint density at radius 1 is 1.63 bits per heavy atom. The molecule has 2 N–H and O–H groups in total. The molecule has 19 heavy (non-hydrogen) atoms. The molecule has 0 spiro atoms. The second-order valence-electron chi connectivity index (χ2n) is 3.77. The normalized spacial score (nSPS) is 12.2. The van der Waals surface area contributed by atoms with Crippen molar-refractivity contribution in [1.29, 1.82) is 0 Å². The first-order valence-electron chi connectivity index (χ1n) is 5.60. The van der Waals surface area contributed by atoms with Crippen molar-refractivity contribution in [3.63, 3.8) is 0 Å². The van der Waals surface area contributed by atoms with Crippen molar-refractivity contribution in [2.75, 3.05) is 19.7 Å². The number of likely N-dealkylation sites (N-methyl/N-ethyl adjacent to an activating group) is 1. The van der Waals surface area contributed by atoms with Gasteiger partial charge in [-0.3, -0.25) is 10.1 Å². The fourth-order valence-corrected chi connectivity index (χ4v) is 2.28. The van der Waals surface area contributed by atoms with Crippen molar-refractivity contribution in [2.45, 2.75) is 13.0 Å². The Labute approximate surface area is 124 Å². The van der Waals surface area contributed by atoms with Crippen LogP contribution in [-0.4, -0.2) is 35.8 Å². The molecule has 0 saturated heterocycles. The van der Waals surface area contributed by atoms with Crippen LogP contribution >= 0.6 is 27.5 Å². The standard InChI is InChI=1S/C11H14BrClN2O4/c1-2-14-5-8(16)6-19-11-9(12)3-7(13)4-10(11)15(17)18/h3-4,8,14,16H,2,5-6H2,1H3. The molecule has 0 radical (unpaired) electrons. The molecule has 1 aromatic rings. The van der Waals surface area contributed by atoms with Gasteiger partial charge in [-0.2, -0.15) is 0 Å². The Morgan fingerprint density at radius 2 is 2.32 bits per heavy atom. The highest BCUT2D eigenvalue weighted by atomic mass is 79.9. The monoisotopic (exact) mass is 352 g/mol. The quantitative estimate of drug-likeness (QED) is 0.580. The van der Waals surface area contributed by atoms with Crippen LogP contribution in [0.1, 0.15) is 6.92 Å². The maximum atomic E-state index is 10.9. The van der Waals surface area contributed by atoms with Crippen LogP contribution in [0, 0.1) is 10.1 Å². The van der Waals surface area contributed by atoms with Gasteiger partial charge in [-0.15, -0.1) is 0 Å². The second-order valence-corrected chi connectivity index (χ2v) is 5.06. The lowest BCUT2D eigenvalue weighted by molar-refractivity contribution is -0.386. The average molecular weight is 354 g/mol. The average Bonchev–Trinajstić information content (AvgIpc) is 2.34. The number of nitrogens with one attached hydrogen (secondary N) is 1. The predicted octanol–water partition coefficient (Wildman–Crippen LogP) is 2.36. The zero-order valence-electron chi connectivity index (χ0n) is 10.2. The molecule has 1 atom stereocenters. The summed E-state index contributed by atoms with van der Waals surface area (Å²) in [6.07, 6.45) is -0.748. The number of nitrogens with zero attached hydrogens (tertiary/aromatic N) is 1. The maximum Gasteiger partial charge on any atom is 0.313 e. The van der Waals surface area contributed by atoms with Gasteiger partial charge < -0.3 is 15.2 Å². The van der Waals surface area contributed by atoms with Crippen LogP contribution in [0.15, 0.2) is 16.6 Å².